The normalized spacial score (nSPS) is 11.6. The van der Waals surface area contributed by atoms with Crippen molar-refractivity contribution in [3.8, 4) is 5.75 Å². The lowest BCUT2D eigenvalue weighted by molar-refractivity contribution is -0.136. The first-order valence-corrected chi connectivity index (χ1v) is 30.9. The van der Waals surface area contributed by atoms with Crippen molar-refractivity contribution in [3.05, 3.63) is 29.3 Å². The molecule has 32 heteroatoms. The van der Waals surface area contributed by atoms with Gasteiger partial charge < -0.3 is 124 Å². The Morgan fingerprint density at radius 3 is 0.681 bits per heavy atom. The van der Waals surface area contributed by atoms with Gasteiger partial charge in [-0.15, -0.1) is 0 Å². The number of benzene rings is 1. The van der Waals surface area contributed by atoms with Gasteiger partial charge in [0.1, 0.15) is 0 Å². The first kappa shape index (κ1) is 85.9. The number of carbonyl (C=O) groups excluding carboxylic acids is 2. The number of halogens is 4. The van der Waals surface area contributed by atoms with Crippen LogP contribution in [0.4, 0.5) is 17.6 Å². The minimum absolute atomic E-state index is 0.0148. The Morgan fingerprint density at radius 1 is 0.275 bits per heavy atom. The van der Waals surface area contributed by atoms with Crippen molar-refractivity contribution in [2.45, 2.75) is 12.8 Å². The molecule has 0 spiro atoms. The molecule has 1 aromatic carbocycles. The maximum Gasteiger partial charge on any atom is 0.313 e. The molecule has 0 bridgehead atoms. The van der Waals surface area contributed by atoms with Gasteiger partial charge in [0, 0.05) is 26.1 Å². The van der Waals surface area contributed by atoms with E-state index in [4.69, 9.17) is 114 Å². The van der Waals surface area contributed by atoms with E-state index in [1.54, 1.807) is 7.11 Å². The summed E-state index contributed by atoms with van der Waals surface area (Å²) in [4.78, 5) is 23.7. The smallest absolute Gasteiger partial charge is 0.313 e. The second-order valence-corrected chi connectivity index (χ2v) is 18.2. The first-order valence-electron chi connectivity index (χ1n) is 30.9. The van der Waals surface area contributed by atoms with Crippen LogP contribution in [0, 0.1) is 23.3 Å². The number of rotatable bonds is 76. The third kappa shape index (κ3) is 62.8. The van der Waals surface area contributed by atoms with E-state index in [-0.39, 0.29) is 44.8 Å². The van der Waals surface area contributed by atoms with E-state index in [0.29, 0.717) is 291 Å². The highest BCUT2D eigenvalue weighted by Crippen LogP contribution is 2.26. The first-order chi connectivity index (χ1) is 44.9. The molecule has 0 saturated heterocycles. The molecule has 0 aliphatic rings. The number of carbonyl (C=O) groups is 2. The standard InChI is InChI=1S/C59H105F4NO27/c1-67-8-9-71-16-17-75-24-25-79-32-33-83-40-41-87-48-49-88-45-42-84-37-34-80-29-26-76-21-18-72-13-10-68-5-2-55(65)64-4-7-70-12-15-74-20-23-78-28-31-82-36-39-86-44-47-90-51-50-89-46-43-85-38-35-81-30-27-77-22-19-73-14-11-69-6-3-56(66)91-59-57(62)53(60)52-54(61)58(59)63/h52H,2-51H2,1H3,(H,64,65). The van der Waals surface area contributed by atoms with Gasteiger partial charge >= 0.3 is 5.97 Å². The number of hydrogen-bond donors (Lipinski definition) is 1. The van der Waals surface area contributed by atoms with Crippen molar-refractivity contribution in [2.24, 2.45) is 0 Å². The third-order valence-corrected chi connectivity index (χ3v) is 11.0. The predicted octanol–water partition coefficient (Wildman–Crippen LogP) is 2.07. The molecule has 0 heterocycles. The Bertz CT molecular complexity index is 1690. The van der Waals surface area contributed by atoms with Gasteiger partial charge in [-0.05, 0) is 0 Å². The molecule has 91 heavy (non-hydrogen) atoms. The van der Waals surface area contributed by atoms with Crippen molar-refractivity contribution >= 4 is 11.9 Å². The van der Waals surface area contributed by atoms with Crippen LogP contribution in [0.2, 0.25) is 0 Å². The van der Waals surface area contributed by atoms with Crippen LogP contribution in [0.3, 0.4) is 0 Å². The average molecular weight is 1340 g/mol. The fraction of sp³-hybridized carbons (Fsp3) is 0.864. The van der Waals surface area contributed by atoms with Crippen LogP contribution < -0.4 is 10.1 Å². The van der Waals surface area contributed by atoms with Crippen LogP contribution in [0.15, 0.2) is 6.07 Å². The molecular weight excluding hydrogens is 1230 g/mol. The van der Waals surface area contributed by atoms with Crippen LogP contribution in [0.25, 0.3) is 0 Å². The lowest BCUT2D eigenvalue weighted by Gasteiger charge is -2.09. The Morgan fingerprint density at radius 2 is 0.462 bits per heavy atom. The molecule has 0 unspecified atom stereocenters. The summed E-state index contributed by atoms with van der Waals surface area (Å²) in [5.41, 5.74) is 0. The number of amides is 1. The Hall–Kier alpha value is -3.08. The molecule has 536 valence electrons. The Labute approximate surface area is 533 Å². The quantitative estimate of drug-likeness (QED) is 0.0321. The maximum atomic E-state index is 13.6. The van der Waals surface area contributed by atoms with E-state index in [1.807, 2.05) is 0 Å². The van der Waals surface area contributed by atoms with Crippen molar-refractivity contribution in [1.82, 2.24) is 5.32 Å². The van der Waals surface area contributed by atoms with E-state index in [0.717, 1.165) is 0 Å². The van der Waals surface area contributed by atoms with Gasteiger partial charge in [-0.1, -0.05) is 0 Å². The topological polar surface area (TPSA) is 277 Å². The lowest BCUT2D eigenvalue weighted by atomic mass is 10.3. The monoisotopic (exact) mass is 1340 g/mol. The molecule has 1 N–H and O–H groups in total. The maximum absolute atomic E-state index is 13.6. The second kappa shape index (κ2) is 71.2. The van der Waals surface area contributed by atoms with Gasteiger partial charge in [0.2, 0.25) is 23.3 Å². The zero-order valence-corrected chi connectivity index (χ0v) is 53.5. The number of methoxy groups -OCH3 is 1. The largest absolute Gasteiger partial charge is 0.420 e. The number of esters is 1. The predicted molar refractivity (Wildman–Crippen MR) is 315 cm³/mol. The molecule has 0 saturated carbocycles. The molecule has 0 atom stereocenters. The average Bonchev–Trinajstić information content (AvgIpc) is 1.39. The number of nitrogens with one attached hydrogen (secondary N) is 1. The van der Waals surface area contributed by atoms with Gasteiger partial charge in [0.15, 0.2) is 11.6 Å². The second-order valence-electron chi connectivity index (χ2n) is 18.2. The van der Waals surface area contributed by atoms with Gasteiger partial charge in [0.05, 0.1) is 317 Å². The minimum atomic E-state index is -1.80. The highest BCUT2D eigenvalue weighted by Gasteiger charge is 2.23. The summed E-state index contributed by atoms with van der Waals surface area (Å²) in [5.74, 6) is -9.64. The molecule has 0 radical (unpaired) electrons. The van der Waals surface area contributed by atoms with Gasteiger partial charge in [-0.25, -0.2) is 8.78 Å². The third-order valence-electron chi connectivity index (χ3n) is 11.0. The van der Waals surface area contributed by atoms with Crippen molar-refractivity contribution in [2.75, 3.05) is 324 Å². The molecule has 0 aliphatic heterocycles. The lowest BCUT2D eigenvalue weighted by Crippen LogP contribution is -2.28. The van der Waals surface area contributed by atoms with Crippen molar-refractivity contribution in [1.29, 1.82) is 0 Å². The molecule has 0 aliphatic carbocycles. The van der Waals surface area contributed by atoms with Crippen LogP contribution >= 0.6 is 0 Å². The van der Waals surface area contributed by atoms with E-state index in [2.05, 4.69) is 10.1 Å². The summed E-state index contributed by atoms with van der Waals surface area (Å²) in [6.07, 6.45) is -0.160. The highest BCUT2D eigenvalue weighted by atomic mass is 19.2. The van der Waals surface area contributed by atoms with E-state index in [9.17, 15) is 27.2 Å². The summed E-state index contributed by atoms with van der Waals surface area (Å²) in [5, 5.41) is 2.80. The van der Waals surface area contributed by atoms with Crippen LogP contribution in [-0.2, 0) is 123 Å². The number of ether oxygens (including phenoxy) is 25. The summed E-state index contributed by atoms with van der Waals surface area (Å²) in [6.45, 7) is 20.0. The summed E-state index contributed by atoms with van der Waals surface area (Å²) >= 11 is 0. The zero-order valence-electron chi connectivity index (χ0n) is 53.5. The summed E-state index contributed by atoms with van der Waals surface area (Å²) < 4.78 is 188. The van der Waals surface area contributed by atoms with Crippen LogP contribution in [0.1, 0.15) is 12.8 Å². The van der Waals surface area contributed by atoms with Gasteiger partial charge in [-0.2, -0.15) is 8.78 Å². The van der Waals surface area contributed by atoms with Gasteiger partial charge in [-0.3, -0.25) is 9.59 Å². The van der Waals surface area contributed by atoms with Crippen LogP contribution in [0.5, 0.6) is 5.75 Å². The fourth-order valence-corrected chi connectivity index (χ4v) is 6.44. The van der Waals surface area contributed by atoms with Crippen molar-refractivity contribution < 1.29 is 146 Å². The van der Waals surface area contributed by atoms with Gasteiger partial charge in [0.25, 0.3) is 0 Å². The molecule has 0 aromatic heterocycles. The Balaban J connectivity index is 1.64. The van der Waals surface area contributed by atoms with E-state index in [1.165, 1.54) is 0 Å². The van der Waals surface area contributed by atoms with E-state index < -0.39 is 41.4 Å². The molecular formula is C59H105F4NO27. The molecule has 28 nitrogen and oxygen atoms in total. The summed E-state index contributed by atoms with van der Waals surface area (Å²) in [6, 6.07) is 0.0148. The SMILES string of the molecule is COCCOCCOCCOCCOCCOCCOCCOCCOCCOCCOCCOCCC(=O)NCCOCCOCCOCCOCCOCCOCCOCCOCCOCCOCCOCCOCCC(=O)Oc1c(F)c(F)cc(F)c1F. The van der Waals surface area contributed by atoms with E-state index >= 15 is 0 Å². The summed E-state index contributed by atoms with van der Waals surface area (Å²) in [7, 11) is 1.64. The zero-order chi connectivity index (χ0) is 65.5. The fourth-order valence-electron chi connectivity index (χ4n) is 6.44. The highest BCUT2D eigenvalue weighted by molar-refractivity contribution is 5.75. The number of hydrogen-bond acceptors (Lipinski definition) is 27. The van der Waals surface area contributed by atoms with Crippen LogP contribution in [-0.4, -0.2) is 336 Å². The molecule has 1 rings (SSSR count). The molecule has 0 fully saturated rings. The minimum Gasteiger partial charge on any atom is -0.420 e. The van der Waals surface area contributed by atoms with Crippen molar-refractivity contribution in [3.63, 3.8) is 0 Å². The Kier molecular flexibility index (Phi) is 67.3. The molecule has 1 amide bonds. The molecule has 1 aromatic rings.